The van der Waals surface area contributed by atoms with Crippen LogP contribution in [0.25, 0.3) is 0 Å². The van der Waals surface area contributed by atoms with Gasteiger partial charge in [0, 0.05) is 29.6 Å². The van der Waals surface area contributed by atoms with Crippen LogP contribution in [0.5, 0.6) is 0 Å². The van der Waals surface area contributed by atoms with Gasteiger partial charge in [0.2, 0.25) is 0 Å². The van der Waals surface area contributed by atoms with Crippen molar-refractivity contribution in [2.75, 3.05) is 18.6 Å². The van der Waals surface area contributed by atoms with Crippen LogP contribution in [-0.4, -0.2) is 30.8 Å². The lowest BCUT2D eigenvalue weighted by molar-refractivity contribution is -0.146. The van der Waals surface area contributed by atoms with Crippen LogP contribution in [0.15, 0.2) is 16.6 Å². The standard InChI is InChI=1S/C16H20BrNO3/c1-9-6-12-14(13(17)7-9)18(3)15(20)16(12)10(2)8-11(21-16)4-5-19/h6-7,10-11,19H,4-5,8H2,1-3H3/t10-,11+,16+/m0/s1. The molecule has 4 nitrogen and oxygen atoms in total. The van der Waals surface area contributed by atoms with Gasteiger partial charge in [0.15, 0.2) is 5.60 Å². The third-order valence-electron chi connectivity index (χ3n) is 4.68. The van der Waals surface area contributed by atoms with Crippen LogP contribution in [0.1, 0.15) is 30.9 Å². The minimum atomic E-state index is -0.890. The summed E-state index contributed by atoms with van der Waals surface area (Å²) in [5.74, 6) is 0.0932. The average Bonchev–Trinajstić information content (AvgIpc) is 2.83. The molecule has 0 unspecified atom stereocenters. The zero-order valence-electron chi connectivity index (χ0n) is 12.5. The van der Waals surface area contributed by atoms with Gasteiger partial charge in [-0.25, -0.2) is 0 Å². The fourth-order valence-electron chi connectivity index (χ4n) is 3.72. The smallest absolute Gasteiger partial charge is 0.264 e. The highest BCUT2D eigenvalue weighted by molar-refractivity contribution is 9.10. The lowest BCUT2D eigenvalue weighted by Crippen LogP contribution is -2.42. The van der Waals surface area contributed by atoms with Crippen molar-refractivity contribution in [1.82, 2.24) is 0 Å². The van der Waals surface area contributed by atoms with E-state index in [9.17, 15) is 4.79 Å². The zero-order chi connectivity index (χ0) is 15.4. The number of benzene rings is 1. The molecule has 1 aromatic rings. The lowest BCUT2D eigenvalue weighted by atomic mass is 9.82. The molecule has 3 atom stereocenters. The molecule has 1 amide bonds. The maximum atomic E-state index is 12.9. The van der Waals surface area contributed by atoms with Crippen LogP contribution in [0.3, 0.4) is 0 Å². The van der Waals surface area contributed by atoms with Crippen LogP contribution >= 0.6 is 15.9 Å². The SMILES string of the molecule is Cc1cc(Br)c2c(c1)[C@@]1(O[C@H](CCO)C[C@@H]1C)C(=O)N2C. The Kier molecular flexibility index (Phi) is 3.62. The molecule has 0 radical (unpaired) electrons. The van der Waals surface area contributed by atoms with Crippen molar-refractivity contribution in [3.05, 3.63) is 27.7 Å². The lowest BCUT2D eigenvalue weighted by Gasteiger charge is -2.27. The Bertz CT molecular complexity index is 603. The highest BCUT2D eigenvalue weighted by Gasteiger charge is 2.59. The summed E-state index contributed by atoms with van der Waals surface area (Å²) in [6.07, 6.45) is 1.31. The number of carbonyl (C=O) groups is 1. The van der Waals surface area contributed by atoms with Gasteiger partial charge in [-0.2, -0.15) is 0 Å². The van der Waals surface area contributed by atoms with Gasteiger partial charge in [-0.1, -0.05) is 13.0 Å². The molecule has 0 aromatic heterocycles. The molecule has 2 aliphatic heterocycles. The summed E-state index contributed by atoms with van der Waals surface area (Å²) >= 11 is 3.57. The summed E-state index contributed by atoms with van der Waals surface area (Å²) in [5, 5.41) is 9.16. The normalized spacial score (nSPS) is 31.3. The predicted molar refractivity (Wildman–Crippen MR) is 84.3 cm³/mol. The molecule has 5 heteroatoms. The van der Waals surface area contributed by atoms with Gasteiger partial charge in [0.1, 0.15) is 0 Å². The van der Waals surface area contributed by atoms with E-state index in [1.165, 1.54) is 0 Å². The Morgan fingerprint density at radius 2 is 2.24 bits per heavy atom. The van der Waals surface area contributed by atoms with E-state index in [1.54, 1.807) is 11.9 Å². The van der Waals surface area contributed by atoms with Crippen molar-refractivity contribution in [2.24, 2.45) is 5.92 Å². The van der Waals surface area contributed by atoms with E-state index in [-0.39, 0.29) is 24.5 Å². The molecule has 2 heterocycles. The van der Waals surface area contributed by atoms with Crippen LogP contribution < -0.4 is 4.90 Å². The molecule has 0 aliphatic carbocycles. The van der Waals surface area contributed by atoms with E-state index < -0.39 is 5.60 Å². The number of carbonyl (C=O) groups excluding carboxylic acids is 1. The Balaban J connectivity index is 2.15. The molecule has 1 spiro atoms. The Morgan fingerprint density at radius 1 is 1.52 bits per heavy atom. The number of aliphatic hydroxyl groups excluding tert-OH is 1. The van der Waals surface area contributed by atoms with E-state index in [0.29, 0.717) is 6.42 Å². The number of amides is 1. The average molecular weight is 354 g/mol. The maximum Gasteiger partial charge on any atom is 0.264 e. The fraction of sp³-hybridized carbons (Fsp3) is 0.562. The second-order valence-electron chi connectivity index (χ2n) is 6.13. The number of aryl methyl sites for hydroxylation is 1. The maximum absolute atomic E-state index is 12.9. The number of likely N-dealkylation sites (N-methyl/N-ethyl adjacent to an activating group) is 1. The number of hydrogen-bond donors (Lipinski definition) is 1. The number of ether oxygens (including phenoxy) is 1. The number of nitrogens with zero attached hydrogens (tertiary/aromatic N) is 1. The van der Waals surface area contributed by atoms with E-state index in [0.717, 1.165) is 27.7 Å². The summed E-state index contributed by atoms with van der Waals surface area (Å²) in [7, 11) is 1.80. The van der Waals surface area contributed by atoms with Crippen molar-refractivity contribution >= 4 is 27.5 Å². The molecule has 0 bridgehead atoms. The van der Waals surface area contributed by atoms with Crippen LogP contribution in [0.2, 0.25) is 0 Å². The van der Waals surface area contributed by atoms with Gasteiger partial charge in [-0.05, 0) is 47.3 Å². The van der Waals surface area contributed by atoms with Gasteiger partial charge >= 0.3 is 0 Å². The van der Waals surface area contributed by atoms with Gasteiger partial charge < -0.3 is 14.7 Å². The topological polar surface area (TPSA) is 49.8 Å². The molecule has 21 heavy (non-hydrogen) atoms. The zero-order valence-corrected chi connectivity index (χ0v) is 14.1. The molecule has 114 valence electrons. The van der Waals surface area contributed by atoms with Gasteiger partial charge in [-0.3, -0.25) is 4.79 Å². The number of anilines is 1. The second kappa shape index (κ2) is 5.07. The third kappa shape index (κ3) is 1.98. The van der Waals surface area contributed by atoms with E-state index in [4.69, 9.17) is 9.84 Å². The first-order valence-electron chi connectivity index (χ1n) is 7.29. The molecule has 1 N–H and O–H groups in total. The highest BCUT2D eigenvalue weighted by Crippen LogP contribution is 2.55. The largest absolute Gasteiger partial charge is 0.396 e. The molecule has 1 fully saturated rings. The highest BCUT2D eigenvalue weighted by atomic mass is 79.9. The van der Waals surface area contributed by atoms with Crippen molar-refractivity contribution in [3.8, 4) is 0 Å². The molecule has 1 saturated heterocycles. The quantitative estimate of drug-likeness (QED) is 0.889. The first-order chi connectivity index (χ1) is 9.91. The Morgan fingerprint density at radius 3 is 2.90 bits per heavy atom. The third-order valence-corrected chi connectivity index (χ3v) is 5.28. The van der Waals surface area contributed by atoms with Crippen molar-refractivity contribution in [1.29, 1.82) is 0 Å². The van der Waals surface area contributed by atoms with E-state index >= 15 is 0 Å². The first-order valence-corrected chi connectivity index (χ1v) is 8.08. The summed E-state index contributed by atoms with van der Waals surface area (Å²) in [6.45, 7) is 4.17. The monoisotopic (exact) mass is 353 g/mol. The summed E-state index contributed by atoms with van der Waals surface area (Å²) < 4.78 is 7.13. The Labute approximate surface area is 133 Å². The minimum Gasteiger partial charge on any atom is -0.396 e. The molecule has 1 aromatic carbocycles. The summed E-state index contributed by atoms with van der Waals surface area (Å²) in [4.78, 5) is 14.6. The number of aliphatic hydroxyl groups is 1. The minimum absolute atomic E-state index is 0.00302. The Hall–Kier alpha value is -0.910. The van der Waals surface area contributed by atoms with Crippen molar-refractivity contribution in [3.63, 3.8) is 0 Å². The van der Waals surface area contributed by atoms with Crippen LogP contribution in [0, 0.1) is 12.8 Å². The number of fused-ring (bicyclic) bond motifs is 2. The number of rotatable bonds is 2. The first kappa shape index (κ1) is 15.0. The molecular formula is C16H20BrNO3. The number of hydrogen-bond acceptors (Lipinski definition) is 3. The molecule has 2 aliphatic rings. The van der Waals surface area contributed by atoms with Crippen LogP contribution in [-0.2, 0) is 15.1 Å². The second-order valence-corrected chi connectivity index (χ2v) is 6.99. The summed E-state index contributed by atoms with van der Waals surface area (Å²) in [5.41, 5.74) is 2.07. The molecule has 0 saturated carbocycles. The van der Waals surface area contributed by atoms with Crippen molar-refractivity contribution in [2.45, 2.75) is 38.4 Å². The fourth-order valence-corrected chi connectivity index (χ4v) is 4.56. The van der Waals surface area contributed by atoms with Crippen molar-refractivity contribution < 1.29 is 14.6 Å². The number of halogens is 1. The van der Waals surface area contributed by atoms with E-state index in [2.05, 4.69) is 28.9 Å². The van der Waals surface area contributed by atoms with Gasteiger partial charge in [0.05, 0.1) is 11.8 Å². The van der Waals surface area contributed by atoms with E-state index in [1.807, 2.05) is 13.0 Å². The summed E-state index contributed by atoms with van der Waals surface area (Å²) in [6, 6.07) is 4.08. The van der Waals surface area contributed by atoms with Gasteiger partial charge in [0.25, 0.3) is 5.91 Å². The van der Waals surface area contributed by atoms with Gasteiger partial charge in [-0.15, -0.1) is 0 Å². The predicted octanol–water partition coefficient (Wildman–Crippen LogP) is 2.74. The van der Waals surface area contributed by atoms with Crippen LogP contribution in [0.4, 0.5) is 5.69 Å². The molecular weight excluding hydrogens is 334 g/mol. The molecule has 3 rings (SSSR count).